The number of urea groups is 1. The molecule has 4 rings (SSSR count). The van der Waals surface area contributed by atoms with Crippen molar-refractivity contribution in [3.63, 3.8) is 0 Å². The lowest BCUT2D eigenvalue weighted by Gasteiger charge is -2.35. The second kappa shape index (κ2) is 9.76. The highest BCUT2D eigenvalue weighted by Gasteiger charge is 2.22. The van der Waals surface area contributed by atoms with E-state index < -0.39 is 0 Å². The first-order valence-electron chi connectivity index (χ1n) is 9.78. The molecule has 1 saturated heterocycles. The van der Waals surface area contributed by atoms with Crippen molar-refractivity contribution in [2.75, 3.05) is 41.7 Å². The predicted octanol–water partition coefficient (Wildman–Crippen LogP) is 3.73. The van der Waals surface area contributed by atoms with E-state index in [1.807, 2.05) is 18.2 Å². The number of carbonyl (C=O) groups is 2. The number of amides is 3. The molecule has 31 heavy (non-hydrogen) atoms. The molecule has 0 radical (unpaired) electrons. The van der Waals surface area contributed by atoms with E-state index in [1.54, 1.807) is 40.7 Å². The fourth-order valence-electron chi connectivity index (χ4n) is 3.23. The van der Waals surface area contributed by atoms with Gasteiger partial charge in [0.25, 0.3) is 0 Å². The van der Waals surface area contributed by atoms with Crippen LogP contribution in [-0.2, 0) is 11.2 Å². The number of pyridine rings is 1. The fraction of sp³-hybridized carbons (Fsp3) is 0.238. The molecule has 0 aliphatic carbocycles. The number of hydrogen-bond donors (Lipinski definition) is 2. The number of aromatic nitrogens is 2. The summed E-state index contributed by atoms with van der Waals surface area (Å²) in [4.78, 5) is 37.4. The maximum absolute atomic E-state index is 12.6. The average Bonchev–Trinajstić information content (AvgIpc) is 3.21. The third-order valence-corrected chi connectivity index (χ3v) is 5.80. The Kier molecular flexibility index (Phi) is 6.63. The number of piperazine rings is 1. The van der Waals surface area contributed by atoms with Gasteiger partial charge in [0.15, 0.2) is 5.13 Å². The predicted molar refractivity (Wildman–Crippen MR) is 123 cm³/mol. The number of rotatable bonds is 5. The molecule has 1 aromatic carbocycles. The van der Waals surface area contributed by atoms with Crippen LogP contribution in [0, 0.1) is 0 Å². The van der Waals surface area contributed by atoms with Crippen LogP contribution in [0.15, 0.2) is 54.0 Å². The Morgan fingerprint density at radius 3 is 2.65 bits per heavy atom. The van der Waals surface area contributed by atoms with Crippen molar-refractivity contribution >= 4 is 51.5 Å². The molecular formula is C21H21ClN6O2S. The van der Waals surface area contributed by atoms with Gasteiger partial charge in [-0.2, -0.15) is 0 Å². The summed E-state index contributed by atoms with van der Waals surface area (Å²) >= 11 is 7.23. The van der Waals surface area contributed by atoms with Gasteiger partial charge in [0.05, 0.1) is 12.1 Å². The molecule has 2 N–H and O–H groups in total. The topological polar surface area (TPSA) is 90.5 Å². The van der Waals surface area contributed by atoms with E-state index in [0.29, 0.717) is 34.6 Å². The number of hydrogen-bond acceptors (Lipinski definition) is 6. The van der Waals surface area contributed by atoms with Crippen molar-refractivity contribution in [3.05, 3.63) is 64.8 Å². The second-order valence-electron chi connectivity index (χ2n) is 6.97. The zero-order chi connectivity index (χ0) is 21.6. The lowest BCUT2D eigenvalue weighted by Crippen LogP contribution is -2.50. The van der Waals surface area contributed by atoms with Crippen LogP contribution in [0.4, 0.5) is 21.4 Å². The molecule has 3 heterocycles. The molecule has 0 saturated carbocycles. The van der Waals surface area contributed by atoms with E-state index in [0.717, 1.165) is 18.9 Å². The maximum atomic E-state index is 12.6. The van der Waals surface area contributed by atoms with E-state index in [1.165, 1.54) is 11.3 Å². The average molecular weight is 457 g/mol. The summed E-state index contributed by atoms with van der Waals surface area (Å²) in [5.41, 5.74) is 1.23. The first-order valence-corrected chi connectivity index (χ1v) is 11.0. The zero-order valence-electron chi connectivity index (χ0n) is 16.6. The summed E-state index contributed by atoms with van der Waals surface area (Å²) in [5, 5.41) is 8.41. The highest BCUT2D eigenvalue weighted by atomic mass is 35.5. The summed E-state index contributed by atoms with van der Waals surface area (Å²) in [7, 11) is 0. The summed E-state index contributed by atoms with van der Waals surface area (Å²) in [6, 6.07) is 12.6. The molecular weight excluding hydrogens is 436 g/mol. The molecule has 10 heteroatoms. The molecule has 1 fully saturated rings. The van der Waals surface area contributed by atoms with Crippen LogP contribution in [0.5, 0.6) is 0 Å². The van der Waals surface area contributed by atoms with E-state index in [-0.39, 0.29) is 18.4 Å². The van der Waals surface area contributed by atoms with Crippen LogP contribution in [0.25, 0.3) is 0 Å². The number of nitrogens with one attached hydrogen (secondary N) is 2. The highest BCUT2D eigenvalue weighted by molar-refractivity contribution is 7.13. The van der Waals surface area contributed by atoms with Crippen molar-refractivity contribution in [3.8, 4) is 0 Å². The van der Waals surface area contributed by atoms with Gasteiger partial charge in [-0.3, -0.25) is 10.1 Å². The third kappa shape index (κ3) is 5.71. The lowest BCUT2D eigenvalue weighted by molar-refractivity contribution is -0.115. The summed E-state index contributed by atoms with van der Waals surface area (Å²) in [5.74, 6) is 0.722. The van der Waals surface area contributed by atoms with Crippen molar-refractivity contribution in [1.82, 2.24) is 14.9 Å². The van der Waals surface area contributed by atoms with Crippen LogP contribution >= 0.6 is 22.9 Å². The summed E-state index contributed by atoms with van der Waals surface area (Å²) in [6.07, 6.45) is 1.88. The van der Waals surface area contributed by atoms with Gasteiger partial charge in [0.2, 0.25) is 5.91 Å². The Morgan fingerprint density at radius 1 is 1.06 bits per heavy atom. The quantitative estimate of drug-likeness (QED) is 0.610. The van der Waals surface area contributed by atoms with Crippen molar-refractivity contribution in [2.24, 2.45) is 0 Å². The fourth-order valence-corrected chi connectivity index (χ4v) is 4.12. The van der Waals surface area contributed by atoms with Crippen LogP contribution < -0.4 is 15.5 Å². The van der Waals surface area contributed by atoms with Crippen LogP contribution in [-0.4, -0.2) is 53.0 Å². The second-order valence-corrected chi connectivity index (χ2v) is 8.27. The SMILES string of the molecule is O=C(Cc1csc(NC(=O)N2CCN(c3ccccn3)CC2)n1)Nc1cccc(Cl)c1. The van der Waals surface area contributed by atoms with Gasteiger partial charge in [-0.25, -0.2) is 14.8 Å². The first-order chi connectivity index (χ1) is 15.1. The van der Waals surface area contributed by atoms with Crippen molar-refractivity contribution in [2.45, 2.75) is 6.42 Å². The summed E-state index contributed by atoms with van der Waals surface area (Å²) in [6.45, 7) is 2.64. The highest BCUT2D eigenvalue weighted by Crippen LogP contribution is 2.19. The van der Waals surface area contributed by atoms with Gasteiger partial charge in [-0.05, 0) is 30.3 Å². The molecule has 8 nitrogen and oxygen atoms in total. The minimum atomic E-state index is -0.198. The Labute approximate surface area is 188 Å². The van der Waals surface area contributed by atoms with E-state index >= 15 is 0 Å². The van der Waals surface area contributed by atoms with Crippen molar-refractivity contribution < 1.29 is 9.59 Å². The summed E-state index contributed by atoms with van der Waals surface area (Å²) < 4.78 is 0. The van der Waals surface area contributed by atoms with Crippen LogP contribution in [0.1, 0.15) is 5.69 Å². The smallest absolute Gasteiger partial charge is 0.323 e. The first kappa shape index (κ1) is 21.1. The molecule has 0 atom stereocenters. The molecule has 0 unspecified atom stereocenters. The number of carbonyl (C=O) groups excluding carboxylic acids is 2. The minimum Gasteiger partial charge on any atom is -0.353 e. The van der Waals surface area contributed by atoms with Gasteiger partial charge in [-0.1, -0.05) is 23.7 Å². The van der Waals surface area contributed by atoms with Gasteiger partial charge in [0.1, 0.15) is 5.82 Å². The van der Waals surface area contributed by atoms with Gasteiger partial charge in [0, 0.05) is 48.5 Å². The number of thiazole rings is 1. The number of nitrogens with zero attached hydrogens (tertiary/aromatic N) is 4. The number of anilines is 3. The maximum Gasteiger partial charge on any atom is 0.323 e. The van der Waals surface area contributed by atoms with E-state index in [9.17, 15) is 9.59 Å². The normalized spacial score (nSPS) is 13.7. The van der Waals surface area contributed by atoms with Gasteiger partial charge in [-0.15, -0.1) is 11.3 Å². The van der Waals surface area contributed by atoms with Crippen molar-refractivity contribution in [1.29, 1.82) is 0 Å². The molecule has 1 aliphatic rings. The molecule has 2 aromatic heterocycles. The molecule has 0 bridgehead atoms. The van der Waals surface area contributed by atoms with Crippen LogP contribution in [0.3, 0.4) is 0 Å². The number of benzene rings is 1. The lowest BCUT2D eigenvalue weighted by atomic mass is 10.3. The zero-order valence-corrected chi connectivity index (χ0v) is 18.2. The third-order valence-electron chi connectivity index (χ3n) is 4.76. The minimum absolute atomic E-state index is 0.113. The Hall–Kier alpha value is -3.17. The monoisotopic (exact) mass is 456 g/mol. The van der Waals surface area contributed by atoms with E-state index in [4.69, 9.17) is 11.6 Å². The molecule has 3 amide bonds. The molecule has 160 valence electrons. The van der Waals surface area contributed by atoms with Crippen LogP contribution in [0.2, 0.25) is 5.02 Å². The molecule has 0 spiro atoms. The molecule has 1 aliphatic heterocycles. The van der Waals surface area contributed by atoms with Gasteiger partial charge >= 0.3 is 6.03 Å². The Balaban J connectivity index is 1.26. The molecule has 3 aromatic rings. The largest absolute Gasteiger partial charge is 0.353 e. The Bertz CT molecular complexity index is 1050. The Morgan fingerprint density at radius 2 is 1.90 bits per heavy atom. The number of halogens is 1. The van der Waals surface area contributed by atoms with Gasteiger partial charge < -0.3 is 15.1 Å². The standard InChI is InChI=1S/C21H21ClN6O2S/c22-15-4-3-5-16(12-15)24-19(29)13-17-14-31-20(25-17)26-21(30)28-10-8-27(9-11-28)18-6-1-2-7-23-18/h1-7,12,14H,8-11,13H2,(H,24,29)(H,25,26,30). The van der Waals surface area contributed by atoms with E-state index in [2.05, 4.69) is 25.5 Å².